The fourth-order valence-corrected chi connectivity index (χ4v) is 2.78. The minimum atomic E-state index is -0.675. The molecule has 2 unspecified atom stereocenters. The molecule has 126 valence electrons. The van der Waals surface area contributed by atoms with Gasteiger partial charge in [-0.2, -0.15) is 0 Å². The van der Waals surface area contributed by atoms with E-state index in [0.717, 1.165) is 5.56 Å². The second kappa shape index (κ2) is 8.18. The summed E-state index contributed by atoms with van der Waals surface area (Å²) < 4.78 is 0. The molecule has 2 atom stereocenters. The van der Waals surface area contributed by atoms with Crippen molar-refractivity contribution in [3.63, 3.8) is 0 Å². The van der Waals surface area contributed by atoms with Crippen molar-refractivity contribution in [3.8, 4) is 0 Å². The molecule has 0 spiro atoms. The fraction of sp³-hybridized carbons (Fsp3) is 0.222. The van der Waals surface area contributed by atoms with E-state index in [1.54, 1.807) is 49.4 Å². The molecule has 0 radical (unpaired) electrons. The van der Waals surface area contributed by atoms with Gasteiger partial charge in [0.25, 0.3) is 5.91 Å². The lowest BCUT2D eigenvalue weighted by Gasteiger charge is -2.19. The van der Waals surface area contributed by atoms with E-state index in [4.69, 9.17) is 23.2 Å². The third-order valence-electron chi connectivity index (χ3n) is 3.56. The van der Waals surface area contributed by atoms with Crippen LogP contribution in [0.3, 0.4) is 0 Å². The largest absolute Gasteiger partial charge is 0.348 e. The lowest BCUT2D eigenvalue weighted by molar-refractivity contribution is -0.123. The number of amides is 2. The molecule has 2 aromatic rings. The Balaban J connectivity index is 1.97. The highest BCUT2D eigenvalue weighted by Gasteiger charge is 2.19. The van der Waals surface area contributed by atoms with Gasteiger partial charge in [-0.3, -0.25) is 9.59 Å². The SMILES string of the molecule is CC(NC(=O)c1ccccc1)C(=O)NC(C)c1ccc(Cl)cc1Cl. The number of carbonyl (C=O) groups excluding carboxylic acids is 2. The Morgan fingerprint density at radius 2 is 1.62 bits per heavy atom. The van der Waals surface area contributed by atoms with Crippen LogP contribution < -0.4 is 10.6 Å². The summed E-state index contributed by atoms with van der Waals surface area (Å²) in [5.74, 6) is -0.590. The van der Waals surface area contributed by atoms with Crippen molar-refractivity contribution in [2.45, 2.75) is 25.9 Å². The Labute approximate surface area is 151 Å². The molecule has 6 heteroatoms. The van der Waals surface area contributed by atoms with Crippen molar-refractivity contribution in [1.82, 2.24) is 10.6 Å². The third kappa shape index (κ3) is 4.73. The van der Waals surface area contributed by atoms with Gasteiger partial charge in [-0.1, -0.05) is 47.5 Å². The Morgan fingerprint density at radius 1 is 0.958 bits per heavy atom. The number of halogens is 2. The van der Waals surface area contributed by atoms with Crippen LogP contribution in [0.2, 0.25) is 10.0 Å². The first kappa shape index (κ1) is 18.3. The Hall–Kier alpha value is -2.04. The summed E-state index contributed by atoms with van der Waals surface area (Å²) in [6.07, 6.45) is 0. The molecule has 0 saturated heterocycles. The van der Waals surface area contributed by atoms with Gasteiger partial charge in [0.15, 0.2) is 0 Å². The molecule has 0 aromatic heterocycles. The average molecular weight is 365 g/mol. The highest BCUT2D eigenvalue weighted by atomic mass is 35.5. The molecular formula is C18H18Cl2N2O2. The van der Waals surface area contributed by atoms with E-state index in [0.29, 0.717) is 15.6 Å². The van der Waals surface area contributed by atoms with Gasteiger partial charge in [0.1, 0.15) is 6.04 Å². The molecule has 0 aliphatic rings. The lowest BCUT2D eigenvalue weighted by atomic mass is 10.1. The number of carbonyl (C=O) groups is 2. The topological polar surface area (TPSA) is 58.2 Å². The average Bonchev–Trinajstić information content (AvgIpc) is 2.55. The van der Waals surface area contributed by atoms with Crippen LogP contribution in [0.15, 0.2) is 48.5 Å². The summed E-state index contributed by atoms with van der Waals surface area (Å²) in [5, 5.41) is 6.52. The maximum Gasteiger partial charge on any atom is 0.251 e. The molecule has 0 bridgehead atoms. The minimum Gasteiger partial charge on any atom is -0.348 e. The molecule has 0 aliphatic heterocycles. The van der Waals surface area contributed by atoms with Crippen LogP contribution in [0.25, 0.3) is 0 Å². The van der Waals surface area contributed by atoms with E-state index in [2.05, 4.69) is 10.6 Å². The molecule has 2 aromatic carbocycles. The molecule has 2 amide bonds. The molecule has 0 fully saturated rings. The zero-order chi connectivity index (χ0) is 17.7. The van der Waals surface area contributed by atoms with Crippen molar-refractivity contribution in [2.75, 3.05) is 0 Å². The van der Waals surface area contributed by atoms with Crippen LogP contribution in [0.4, 0.5) is 0 Å². The van der Waals surface area contributed by atoms with Crippen molar-refractivity contribution < 1.29 is 9.59 Å². The van der Waals surface area contributed by atoms with Crippen molar-refractivity contribution in [1.29, 1.82) is 0 Å². The van der Waals surface area contributed by atoms with Crippen LogP contribution in [0, 0.1) is 0 Å². The molecule has 2 rings (SSSR count). The first-order chi connectivity index (χ1) is 11.4. The predicted octanol–water partition coefficient (Wildman–Crippen LogP) is 3.99. The van der Waals surface area contributed by atoms with Crippen LogP contribution in [0.5, 0.6) is 0 Å². The van der Waals surface area contributed by atoms with Crippen molar-refractivity contribution in [3.05, 3.63) is 69.7 Å². The van der Waals surface area contributed by atoms with Crippen LogP contribution >= 0.6 is 23.2 Å². The molecule has 4 nitrogen and oxygen atoms in total. The van der Waals surface area contributed by atoms with E-state index in [9.17, 15) is 9.59 Å². The molecule has 2 N–H and O–H groups in total. The monoisotopic (exact) mass is 364 g/mol. The summed E-state index contributed by atoms with van der Waals surface area (Å²) in [4.78, 5) is 24.4. The van der Waals surface area contributed by atoms with E-state index in [-0.39, 0.29) is 17.9 Å². The van der Waals surface area contributed by atoms with E-state index < -0.39 is 6.04 Å². The van der Waals surface area contributed by atoms with Gasteiger partial charge < -0.3 is 10.6 Å². The van der Waals surface area contributed by atoms with Gasteiger partial charge in [-0.25, -0.2) is 0 Å². The maximum absolute atomic E-state index is 12.3. The van der Waals surface area contributed by atoms with Gasteiger partial charge in [0.2, 0.25) is 5.91 Å². The normalized spacial score (nSPS) is 13.0. The quantitative estimate of drug-likeness (QED) is 0.842. The Morgan fingerprint density at radius 3 is 2.25 bits per heavy atom. The molecule has 0 heterocycles. The highest BCUT2D eigenvalue weighted by Crippen LogP contribution is 2.26. The summed E-state index contributed by atoms with van der Waals surface area (Å²) in [7, 11) is 0. The summed E-state index contributed by atoms with van der Waals surface area (Å²) in [5.41, 5.74) is 1.27. The Kier molecular flexibility index (Phi) is 6.23. The van der Waals surface area contributed by atoms with Crippen molar-refractivity contribution in [2.24, 2.45) is 0 Å². The summed E-state index contributed by atoms with van der Waals surface area (Å²) >= 11 is 12.0. The third-order valence-corrected chi connectivity index (χ3v) is 4.13. The number of hydrogen-bond acceptors (Lipinski definition) is 2. The minimum absolute atomic E-state index is 0.294. The summed E-state index contributed by atoms with van der Waals surface area (Å²) in [6, 6.07) is 12.9. The highest BCUT2D eigenvalue weighted by molar-refractivity contribution is 6.35. The molecule has 0 saturated carbocycles. The molecule has 24 heavy (non-hydrogen) atoms. The predicted molar refractivity (Wildman–Crippen MR) is 96.4 cm³/mol. The van der Waals surface area contributed by atoms with E-state index in [1.807, 2.05) is 13.0 Å². The first-order valence-electron chi connectivity index (χ1n) is 7.49. The fourth-order valence-electron chi connectivity index (χ4n) is 2.20. The van der Waals surface area contributed by atoms with Crippen LogP contribution in [0.1, 0.15) is 35.8 Å². The summed E-state index contributed by atoms with van der Waals surface area (Å²) in [6.45, 7) is 3.45. The van der Waals surface area contributed by atoms with E-state index in [1.165, 1.54) is 0 Å². The van der Waals surface area contributed by atoms with Gasteiger partial charge >= 0.3 is 0 Å². The smallest absolute Gasteiger partial charge is 0.251 e. The number of nitrogens with one attached hydrogen (secondary N) is 2. The number of benzene rings is 2. The van der Waals surface area contributed by atoms with Gasteiger partial charge in [0.05, 0.1) is 6.04 Å². The Bertz CT molecular complexity index is 735. The first-order valence-corrected chi connectivity index (χ1v) is 8.25. The van der Waals surface area contributed by atoms with Crippen LogP contribution in [-0.2, 0) is 4.79 Å². The maximum atomic E-state index is 12.3. The van der Waals surface area contributed by atoms with E-state index >= 15 is 0 Å². The van der Waals surface area contributed by atoms with Gasteiger partial charge in [0, 0.05) is 15.6 Å². The lowest BCUT2D eigenvalue weighted by Crippen LogP contribution is -2.45. The standard InChI is InChI=1S/C18H18Cl2N2O2/c1-11(15-9-8-14(19)10-16(15)20)21-17(23)12(2)22-18(24)13-6-4-3-5-7-13/h3-12H,1-2H3,(H,21,23)(H,22,24). The molecular weight excluding hydrogens is 347 g/mol. The number of hydrogen-bond donors (Lipinski definition) is 2. The molecule has 0 aliphatic carbocycles. The zero-order valence-electron chi connectivity index (χ0n) is 13.3. The zero-order valence-corrected chi connectivity index (χ0v) is 14.9. The van der Waals surface area contributed by atoms with Crippen LogP contribution in [-0.4, -0.2) is 17.9 Å². The van der Waals surface area contributed by atoms with Crippen molar-refractivity contribution >= 4 is 35.0 Å². The second-order valence-electron chi connectivity index (χ2n) is 5.46. The second-order valence-corrected chi connectivity index (χ2v) is 6.30. The number of rotatable bonds is 5. The van der Waals surface area contributed by atoms with Gasteiger partial charge in [-0.15, -0.1) is 0 Å². The van der Waals surface area contributed by atoms with Gasteiger partial charge in [-0.05, 0) is 43.7 Å².